The maximum atomic E-state index is 13.2. The summed E-state index contributed by atoms with van der Waals surface area (Å²) in [4.78, 5) is 4.16. The van der Waals surface area contributed by atoms with E-state index in [2.05, 4.69) is 4.99 Å². The van der Waals surface area contributed by atoms with Crippen molar-refractivity contribution >= 4 is 35.5 Å². The number of thiazole rings is 1. The second-order valence-electron chi connectivity index (χ2n) is 4.22. The minimum absolute atomic E-state index is 0.0736. The fourth-order valence-corrected chi connectivity index (χ4v) is 3.03. The lowest BCUT2D eigenvalue weighted by Gasteiger charge is -2.08. The summed E-state index contributed by atoms with van der Waals surface area (Å²) in [6, 6.07) is 2.43. The quantitative estimate of drug-likeness (QED) is 0.485. The summed E-state index contributed by atoms with van der Waals surface area (Å²) in [5.41, 5.74) is -1.46. The molecule has 0 saturated heterocycles. The molecule has 3 nitrogen and oxygen atoms in total. The molecule has 0 aliphatic carbocycles. The molecule has 1 aromatic heterocycles. The molecule has 0 amide bonds. The third-order valence-electron chi connectivity index (χ3n) is 2.80. The van der Waals surface area contributed by atoms with Crippen LogP contribution in [0.3, 0.4) is 0 Å². The number of rotatable bonds is 3. The molecule has 0 atom stereocenters. The summed E-state index contributed by atoms with van der Waals surface area (Å²) < 4.78 is 52.9. The van der Waals surface area contributed by atoms with Gasteiger partial charge in [0.1, 0.15) is 10.7 Å². The normalized spacial score (nSPS) is 12.2. The Morgan fingerprint density at radius 1 is 1.41 bits per heavy atom. The average molecular weight is 350 g/mol. The monoisotopic (exact) mass is 350 g/mol. The predicted molar refractivity (Wildman–Crippen MR) is 79.1 cm³/mol. The lowest BCUT2D eigenvalue weighted by Crippen LogP contribution is -2.07. The Hall–Kier alpha value is -1.74. The number of halogens is 4. The largest absolute Gasteiger partial charge is 0.493 e. The number of aliphatic imine (C=N–C) groups is 1. The van der Waals surface area contributed by atoms with E-state index in [4.69, 9.17) is 12.2 Å². The van der Waals surface area contributed by atoms with Crippen LogP contribution >= 0.6 is 23.6 Å². The number of nitrogens with zero attached hydrogens (tertiary/aromatic N) is 2. The third kappa shape index (κ3) is 3.36. The molecule has 0 aliphatic heterocycles. The number of aromatic hydroxyl groups is 1. The molecular weight excluding hydrogens is 340 g/mol. The Balaban J connectivity index is 2.37. The molecule has 0 fully saturated rings. The molecule has 118 valence electrons. The van der Waals surface area contributed by atoms with Crippen LogP contribution in [0.25, 0.3) is 0 Å². The Kier molecular flexibility index (Phi) is 4.66. The van der Waals surface area contributed by atoms with E-state index < -0.39 is 17.6 Å². The van der Waals surface area contributed by atoms with Crippen molar-refractivity contribution in [2.45, 2.75) is 19.6 Å². The highest BCUT2D eigenvalue weighted by Gasteiger charge is 2.34. The van der Waals surface area contributed by atoms with Crippen LogP contribution in [-0.2, 0) is 12.7 Å². The van der Waals surface area contributed by atoms with E-state index >= 15 is 0 Å². The summed E-state index contributed by atoms with van der Waals surface area (Å²) in [5, 5.41) is 9.89. The molecule has 0 radical (unpaired) electrons. The highest BCUT2D eigenvalue weighted by Crippen LogP contribution is 2.34. The van der Waals surface area contributed by atoms with Crippen LogP contribution in [0.1, 0.15) is 17.4 Å². The highest BCUT2D eigenvalue weighted by molar-refractivity contribution is 7.73. The predicted octanol–water partition coefficient (Wildman–Crippen LogP) is 4.91. The van der Waals surface area contributed by atoms with Crippen molar-refractivity contribution in [1.29, 1.82) is 0 Å². The molecule has 1 aromatic carbocycles. The zero-order valence-electron chi connectivity index (χ0n) is 11.2. The molecular formula is C13H10F4N2OS2. The van der Waals surface area contributed by atoms with Gasteiger partial charge in [-0.2, -0.15) is 13.2 Å². The van der Waals surface area contributed by atoms with Gasteiger partial charge in [0.15, 0.2) is 3.95 Å². The first-order valence-corrected chi connectivity index (χ1v) is 7.30. The Bertz CT molecular complexity index is 777. The van der Waals surface area contributed by atoms with Crippen molar-refractivity contribution < 1.29 is 22.7 Å². The van der Waals surface area contributed by atoms with Gasteiger partial charge in [0.25, 0.3) is 0 Å². The zero-order chi connectivity index (χ0) is 16.5. The van der Waals surface area contributed by atoms with Crippen molar-refractivity contribution in [3.05, 3.63) is 38.4 Å². The number of aromatic nitrogens is 1. The zero-order valence-corrected chi connectivity index (χ0v) is 12.8. The molecule has 22 heavy (non-hydrogen) atoms. The summed E-state index contributed by atoms with van der Waals surface area (Å²) in [5.74, 6) is -1.46. The Morgan fingerprint density at radius 2 is 2.09 bits per heavy atom. The highest BCUT2D eigenvalue weighted by atomic mass is 32.1. The molecule has 0 saturated carbocycles. The van der Waals surface area contributed by atoms with Crippen LogP contribution in [0.2, 0.25) is 0 Å². The van der Waals surface area contributed by atoms with Gasteiger partial charge in [0, 0.05) is 6.54 Å². The SMILES string of the molecule is CCn1c(O)c(C=Nc2ccc(F)c(C(F)(F)F)c2)sc1=S. The van der Waals surface area contributed by atoms with Gasteiger partial charge in [0.2, 0.25) is 5.88 Å². The minimum Gasteiger partial charge on any atom is -0.493 e. The summed E-state index contributed by atoms with van der Waals surface area (Å²) in [6.07, 6.45) is -3.59. The van der Waals surface area contributed by atoms with E-state index in [1.165, 1.54) is 10.8 Å². The smallest absolute Gasteiger partial charge is 0.419 e. The second-order valence-corrected chi connectivity index (χ2v) is 5.90. The maximum Gasteiger partial charge on any atom is 0.419 e. The fourth-order valence-electron chi connectivity index (χ4n) is 1.72. The number of hydrogen-bond donors (Lipinski definition) is 1. The molecule has 9 heteroatoms. The Morgan fingerprint density at radius 3 is 2.64 bits per heavy atom. The molecule has 1 heterocycles. The van der Waals surface area contributed by atoms with E-state index in [-0.39, 0.29) is 11.6 Å². The van der Waals surface area contributed by atoms with Crippen LogP contribution in [0.4, 0.5) is 23.2 Å². The number of hydrogen-bond acceptors (Lipinski definition) is 4. The van der Waals surface area contributed by atoms with Crippen LogP contribution in [0.5, 0.6) is 5.88 Å². The maximum absolute atomic E-state index is 13.2. The standard InChI is InChI=1S/C13H10F4N2OS2/c1-2-19-11(20)10(22-12(19)21)6-18-7-3-4-9(14)8(5-7)13(15,16)17/h3-6,20H,2H2,1H3. The molecule has 0 unspecified atom stereocenters. The van der Waals surface area contributed by atoms with Gasteiger partial charge < -0.3 is 5.11 Å². The lowest BCUT2D eigenvalue weighted by molar-refractivity contribution is -0.139. The van der Waals surface area contributed by atoms with Gasteiger partial charge in [0.05, 0.1) is 17.5 Å². The lowest BCUT2D eigenvalue weighted by atomic mass is 10.2. The first-order valence-electron chi connectivity index (χ1n) is 6.07. The second kappa shape index (κ2) is 6.17. The average Bonchev–Trinajstić information content (AvgIpc) is 2.70. The summed E-state index contributed by atoms with van der Waals surface area (Å²) in [7, 11) is 0. The van der Waals surface area contributed by atoms with E-state index in [1.807, 2.05) is 0 Å². The van der Waals surface area contributed by atoms with E-state index in [1.54, 1.807) is 6.92 Å². The first kappa shape index (κ1) is 16.6. The van der Waals surface area contributed by atoms with Gasteiger partial charge in [-0.05, 0) is 37.3 Å². The fraction of sp³-hybridized carbons (Fsp3) is 0.231. The number of alkyl halides is 3. The van der Waals surface area contributed by atoms with Crippen LogP contribution < -0.4 is 0 Å². The van der Waals surface area contributed by atoms with Crippen LogP contribution in [0.15, 0.2) is 23.2 Å². The van der Waals surface area contributed by atoms with E-state index in [0.717, 1.165) is 17.4 Å². The molecule has 0 spiro atoms. The van der Waals surface area contributed by atoms with Crippen molar-refractivity contribution in [3.8, 4) is 5.88 Å². The van der Waals surface area contributed by atoms with Crippen molar-refractivity contribution in [2.75, 3.05) is 0 Å². The van der Waals surface area contributed by atoms with Crippen molar-refractivity contribution in [2.24, 2.45) is 4.99 Å². The third-order valence-corrected chi connectivity index (χ3v) is 4.17. The van der Waals surface area contributed by atoms with E-state index in [0.29, 0.717) is 27.5 Å². The minimum atomic E-state index is -4.79. The Labute approximate surface area is 132 Å². The summed E-state index contributed by atoms with van der Waals surface area (Å²) in [6.45, 7) is 2.25. The van der Waals surface area contributed by atoms with Crippen molar-refractivity contribution in [3.63, 3.8) is 0 Å². The van der Waals surface area contributed by atoms with Gasteiger partial charge in [-0.25, -0.2) is 4.39 Å². The first-order chi connectivity index (χ1) is 10.2. The van der Waals surface area contributed by atoms with Crippen LogP contribution in [-0.4, -0.2) is 15.9 Å². The van der Waals surface area contributed by atoms with Gasteiger partial charge in [-0.3, -0.25) is 9.56 Å². The van der Waals surface area contributed by atoms with Gasteiger partial charge in [-0.1, -0.05) is 11.3 Å². The number of benzene rings is 1. The van der Waals surface area contributed by atoms with E-state index in [9.17, 15) is 22.7 Å². The molecule has 2 rings (SSSR count). The van der Waals surface area contributed by atoms with Gasteiger partial charge >= 0.3 is 6.18 Å². The molecule has 0 aliphatic rings. The molecule has 0 bridgehead atoms. The van der Waals surface area contributed by atoms with Crippen molar-refractivity contribution in [1.82, 2.24) is 4.57 Å². The van der Waals surface area contributed by atoms with Gasteiger partial charge in [-0.15, -0.1) is 0 Å². The molecule has 1 N–H and O–H groups in total. The topological polar surface area (TPSA) is 37.5 Å². The molecule has 2 aromatic rings. The summed E-state index contributed by atoms with van der Waals surface area (Å²) >= 11 is 6.12. The van der Waals surface area contributed by atoms with Crippen LogP contribution in [0, 0.1) is 9.77 Å².